The molecule has 0 radical (unpaired) electrons. The van der Waals surface area contributed by atoms with Gasteiger partial charge in [0.15, 0.2) is 5.82 Å². The predicted octanol–water partition coefficient (Wildman–Crippen LogP) is 4.07. The number of Topliss-reactive ketones (excluding diaryl/α,β-unsaturated/α-hetero) is 1. The third-order valence-electron chi connectivity index (χ3n) is 5.17. The van der Waals surface area contributed by atoms with E-state index in [1.807, 2.05) is 0 Å². The number of carbonyl (C=O) groups excluding carboxylic acids is 2. The van der Waals surface area contributed by atoms with E-state index in [1.54, 1.807) is 38.1 Å². The van der Waals surface area contributed by atoms with E-state index in [-0.39, 0.29) is 17.0 Å². The Morgan fingerprint density at radius 3 is 2.52 bits per heavy atom. The van der Waals surface area contributed by atoms with Gasteiger partial charge in [-0.1, -0.05) is 23.4 Å². The number of hydrogen-bond donors (Lipinski definition) is 1. The van der Waals surface area contributed by atoms with Crippen LogP contribution in [-0.4, -0.2) is 29.1 Å². The lowest BCUT2D eigenvalue weighted by Gasteiger charge is -2.23. The van der Waals surface area contributed by atoms with Crippen LogP contribution in [0.1, 0.15) is 28.5 Å². The van der Waals surface area contributed by atoms with Crippen LogP contribution in [0.25, 0.3) is 5.76 Å². The fraction of sp³-hybridized carbons (Fsp3) is 0.174. The molecular formula is C23H19FN2O5. The van der Waals surface area contributed by atoms with E-state index in [1.165, 1.54) is 31.4 Å². The summed E-state index contributed by atoms with van der Waals surface area (Å²) in [5, 5.41) is 14.9. The summed E-state index contributed by atoms with van der Waals surface area (Å²) in [7, 11) is 1.52. The number of nitrogens with zero attached hydrogens (tertiary/aromatic N) is 2. The standard InChI is InChI=1S/C23H19FN2O5/c1-12-10-14(8-9-17(12)30-3)21(27)19-20(15-6-4-5-7-16(15)24)26(23(29)22(19)28)18-11-13(2)31-25-18/h4-11,20,27H,1-3H3/b21-19+/t20-/m0/s1. The van der Waals surface area contributed by atoms with Crippen LogP contribution in [0.15, 0.2) is 58.6 Å². The summed E-state index contributed by atoms with van der Waals surface area (Å²) in [6, 6.07) is 10.8. The van der Waals surface area contributed by atoms with Crippen molar-refractivity contribution in [2.24, 2.45) is 0 Å². The number of aromatic nitrogens is 1. The zero-order chi connectivity index (χ0) is 22.3. The summed E-state index contributed by atoms with van der Waals surface area (Å²) in [6.45, 7) is 3.41. The van der Waals surface area contributed by atoms with Crippen LogP contribution in [0.3, 0.4) is 0 Å². The van der Waals surface area contributed by atoms with Crippen molar-refractivity contribution < 1.29 is 28.3 Å². The van der Waals surface area contributed by atoms with Gasteiger partial charge >= 0.3 is 5.91 Å². The van der Waals surface area contributed by atoms with Gasteiger partial charge in [0.05, 0.1) is 18.7 Å². The topological polar surface area (TPSA) is 92.9 Å². The quantitative estimate of drug-likeness (QED) is 0.387. The molecule has 31 heavy (non-hydrogen) atoms. The summed E-state index contributed by atoms with van der Waals surface area (Å²) < 4.78 is 25.1. The smallest absolute Gasteiger partial charge is 0.301 e. The Balaban J connectivity index is 1.96. The average Bonchev–Trinajstić information content (AvgIpc) is 3.28. The van der Waals surface area contributed by atoms with E-state index in [9.17, 15) is 19.1 Å². The molecule has 1 saturated heterocycles. The second-order valence-corrected chi connectivity index (χ2v) is 7.17. The second-order valence-electron chi connectivity index (χ2n) is 7.17. The molecule has 3 aromatic rings. The van der Waals surface area contributed by atoms with Gasteiger partial charge in [0.25, 0.3) is 5.78 Å². The lowest BCUT2D eigenvalue weighted by Crippen LogP contribution is -2.30. The fourth-order valence-electron chi connectivity index (χ4n) is 3.71. The van der Waals surface area contributed by atoms with Crippen molar-refractivity contribution in [1.82, 2.24) is 5.16 Å². The number of ether oxygens (including phenoxy) is 1. The van der Waals surface area contributed by atoms with Gasteiger partial charge < -0.3 is 14.4 Å². The third-order valence-corrected chi connectivity index (χ3v) is 5.17. The van der Waals surface area contributed by atoms with Crippen molar-refractivity contribution in [2.75, 3.05) is 12.0 Å². The summed E-state index contributed by atoms with van der Waals surface area (Å²) in [4.78, 5) is 27.0. The summed E-state index contributed by atoms with van der Waals surface area (Å²) in [5.41, 5.74) is 0.832. The highest BCUT2D eigenvalue weighted by Crippen LogP contribution is 2.42. The van der Waals surface area contributed by atoms with Crippen LogP contribution in [0.5, 0.6) is 5.75 Å². The van der Waals surface area contributed by atoms with E-state index in [0.29, 0.717) is 17.1 Å². The summed E-state index contributed by atoms with van der Waals surface area (Å²) >= 11 is 0. The number of ketones is 1. The molecule has 1 aliphatic rings. The molecule has 8 heteroatoms. The van der Waals surface area contributed by atoms with Gasteiger partial charge in [0.2, 0.25) is 0 Å². The molecule has 1 aromatic heterocycles. The molecule has 1 atom stereocenters. The number of aryl methyl sites for hydroxylation is 2. The molecule has 2 aromatic carbocycles. The largest absolute Gasteiger partial charge is 0.507 e. The molecule has 0 saturated carbocycles. The maximum Gasteiger partial charge on any atom is 0.301 e. The van der Waals surface area contributed by atoms with Crippen molar-refractivity contribution >= 4 is 23.3 Å². The Kier molecular flexibility index (Phi) is 5.06. The molecule has 1 N–H and O–H groups in total. The molecule has 7 nitrogen and oxygen atoms in total. The highest BCUT2D eigenvalue weighted by atomic mass is 19.1. The zero-order valence-corrected chi connectivity index (χ0v) is 17.0. The van der Waals surface area contributed by atoms with Gasteiger partial charge in [-0.05, 0) is 43.7 Å². The maximum absolute atomic E-state index is 14.8. The molecule has 0 bridgehead atoms. The van der Waals surface area contributed by atoms with Crippen molar-refractivity contribution in [2.45, 2.75) is 19.9 Å². The van der Waals surface area contributed by atoms with Crippen molar-refractivity contribution in [3.8, 4) is 5.75 Å². The Hall–Kier alpha value is -3.94. The predicted molar refractivity (Wildman–Crippen MR) is 110 cm³/mol. The molecule has 1 aliphatic heterocycles. The number of hydrogen-bond acceptors (Lipinski definition) is 6. The lowest BCUT2D eigenvalue weighted by molar-refractivity contribution is -0.132. The minimum atomic E-state index is -1.21. The van der Waals surface area contributed by atoms with E-state index in [2.05, 4.69) is 5.16 Å². The lowest BCUT2D eigenvalue weighted by atomic mass is 9.94. The monoisotopic (exact) mass is 422 g/mol. The average molecular weight is 422 g/mol. The molecule has 2 heterocycles. The number of aliphatic hydroxyl groups is 1. The molecule has 0 spiro atoms. The maximum atomic E-state index is 14.8. The first-order chi connectivity index (χ1) is 14.8. The van der Waals surface area contributed by atoms with Crippen molar-refractivity contribution in [3.63, 3.8) is 0 Å². The molecule has 1 fully saturated rings. The van der Waals surface area contributed by atoms with Crippen molar-refractivity contribution in [3.05, 3.63) is 82.4 Å². The zero-order valence-electron chi connectivity index (χ0n) is 17.0. The van der Waals surface area contributed by atoms with Crippen LogP contribution in [-0.2, 0) is 9.59 Å². The summed E-state index contributed by atoms with van der Waals surface area (Å²) in [5.74, 6) is -1.86. The van der Waals surface area contributed by atoms with E-state index in [0.717, 1.165) is 10.5 Å². The van der Waals surface area contributed by atoms with Gasteiger partial charge in [0, 0.05) is 17.2 Å². The van der Waals surface area contributed by atoms with E-state index >= 15 is 0 Å². The number of benzene rings is 2. The Morgan fingerprint density at radius 2 is 1.90 bits per heavy atom. The first-order valence-electron chi connectivity index (χ1n) is 9.47. The second kappa shape index (κ2) is 7.71. The van der Waals surface area contributed by atoms with E-state index in [4.69, 9.17) is 9.26 Å². The van der Waals surface area contributed by atoms with Crippen LogP contribution in [0.4, 0.5) is 10.2 Å². The van der Waals surface area contributed by atoms with Gasteiger partial charge in [-0.3, -0.25) is 14.5 Å². The molecule has 0 aliphatic carbocycles. The number of rotatable bonds is 4. The fourth-order valence-corrected chi connectivity index (χ4v) is 3.71. The minimum Gasteiger partial charge on any atom is -0.507 e. The van der Waals surface area contributed by atoms with Crippen molar-refractivity contribution in [1.29, 1.82) is 0 Å². The highest BCUT2D eigenvalue weighted by Gasteiger charge is 2.48. The molecule has 0 unspecified atom stereocenters. The SMILES string of the molecule is COc1ccc(/C(O)=C2\C(=O)C(=O)N(c3cc(C)on3)[C@H]2c2ccccc2F)cc1C. The Bertz CT molecular complexity index is 1230. The first-order valence-corrected chi connectivity index (χ1v) is 9.47. The van der Waals surface area contributed by atoms with Gasteiger partial charge in [-0.2, -0.15) is 0 Å². The van der Waals surface area contributed by atoms with Gasteiger partial charge in [0.1, 0.15) is 23.1 Å². The molecule has 4 rings (SSSR count). The van der Waals surface area contributed by atoms with Crippen LogP contribution < -0.4 is 9.64 Å². The van der Waals surface area contributed by atoms with Crippen LogP contribution in [0, 0.1) is 19.7 Å². The third kappa shape index (κ3) is 3.35. The first kappa shape index (κ1) is 20.3. The highest BCUT2D eigenvalue weighted by molar-refractivity contribution is 6.51. The molecule has 1 amide bonds. The Labute approximate surface area is 177 Å². The van der Waals surface area contributed by atoms with Gasteiger partial charge in [-0.25, -0.2) is 4.39 Å². The Morgan fingerprint density at radius 1 is 1.16 bits per heavy atom. The normalized spacial score (nSPS) is 17.9. The van der Waals surface area contributed by atoms with Gasteiger partial charge in [-0.15, -0.1) is 0 Å². The van der Waals surface area contributed by atoms with E-state index < -0.39 is 29.3 Å². The number of anilines is 1. The number of halogens is 1. The molecule has 158 valence electrons. The van der Waals surface area contributed by atoms with Crippen LogP contribution >= 0.6 is 0 Å². The molecular weight excluding hydrogens is 403 g/mol. The number of aliphatic hydroxyl groups excluding tert-OH is 1. The number of carbonyl (C=O) groups is 2. The summed E-state index contributed by atoms with van der Waals surface area (Å²) in [6.07, 6.45) is 0. The number of amides is 1. The number of methoxy groups -OCH3 is 1. The minimum absolute atomic E-state index is 0.0501. The van der Waals surface area contributed by atoms with Crippen LogP contribution in [0.2, 0.25) is 0 Å².